The summed E-state index contributed by atoms with van der Waals surface area (Å²) >= 11 is 3.55. The van der Waals surface area contributed by atoms with Crippen LogP contribution in [0.3, 0.4) is 0 Å². The minimum Gasteiger partial charge on any atom is -0.493 e. The Kier molecular flexibility index (Phi) is 4.61. The van der Waals surface area contributed by atoms with Crippen LogP contribution in [0.2, 0.25) is 0 Å². The number of halogens is 1. The topological polar surface area (TPSA) is 21.3 Å². The molecular weight excluding hydrogens is 326 g/mol. The molecule has 1 aliphatic rings. The number of fused-ring (bicyclic) bond motifs is 1. The maximum Gasteiger partial charge on any atom is 0.122 e. The first-order valence-corrected chi connectivity index (χ1v) is 8.29. The third-order valence-corrected chi connectivity index (χ3v) is 4.39. The van der Waals surface area contributed by atoms with Crippen LogP contribution in [0.25, 0.3) is 0 Å². The molecule has 0 amide bonds. The van der Waals surface area contributed by atoms with E-state index in [2.05, 4.69) is 70.6 Å². The summed E-state index contributed by atoms with van der Waals surface area (Å²) < 4.78 is 6.74. The summed E-state index contributed by atoms with van der Waals surface area (Å²) in [5.74, 6) is 1.05. The van der Waals surface area contributed by atoms with Crippen LogP contribution in [-0.2, 0) is 12.8 Å². The molecule has 2 aromatic rings. The second-order valence-electron chi connectivity index (χ2n) is 5.41. The third-order valence-electron chi connectivity index (χ3n) is 3.90. The average Bonchev–Trinajstić information content (AvgIpc) is 2.94. The van der Waals surface area contributed by atoms with E-state index in [0.717, 1.165) is 36.2 Å². The van der Waals surface area contributed by atoms with Gasteiger partial charge in [-0.1, -0.05) is 47.1 Å². The highest BCUT2D eigenvalue weighted by molar-refractivity contribution is 9.10. The molecule has 3 rings (SSSR count). The first kappa shape index (κ1) is 14.6. The van der Waals surface area contributed by atoms with E-state index in [-0.39, 0.29) is 0 Å². The fourth-order valence-corrected chi connectivity index (χ4v) is 3.32. The van der Waals surface area contributed by atoms with Crippen molar-refractivity contribution in [1.82, 2.24) is 5.32 Å². The molecule has 1 heterocycles. The van der Waals surface area contributed by atoms with Crippen LogP contribution in [0.4, 0.5) is 0 Å². The minimum atomic E-state index is 0.343. The summed E-state index contributed by atoms with van der Waals surface area (Å²) in [7, 11) is 0. The van der Waals surface area contributed by atoms with Gasteiger partial charge in [-0.3, -0.25) is 0 Å². The van der Waals surface area contributed by atoms with Gasteiger partial charge in [-0.25, -0.2) is 0 Å². The fraction of sp³-hybridized carbons (Fsp3) is 0.333. The number of benzene rings is 2. The molecule has 0 saturated carbocycles. The van der Waals surface area contributed by atoms with Crippen molar-refractivity contribution < 1.29 is 4.74 Å². The van der Waals surface area contributed by atoms with Gasteiger partial charge in [-0.15, -0.1) is 0 Å². The normalized spacial score (nSPS) is 14.6. The number of rotatable bonds is 5. The van der Waals surface area contributed by atoms with Crippen molar-refractivity contribution in [1.29, 1.82) is 0 Å². The van der Waals surface area contributed by atoms with Crippen LogP contribution in [0.5, 0.6) is 5.75 Å². The van der Waals surface area contributed by atoms with Gasteiger partial charge in [-0.2, -0.15) is 0 Å². The number of nitrogens with one attached hydrogen (secondary N) is 1. The van der Waals surface area contributed by atoms with Gasteiger partial charge in [0.05, 0.1) is 6.61 Å². The predicted molar refractivity (Wildman–Crippen MR) is 89.9 cm³/mol. The summed E-state index contributed by atoms with van der Waals surface area (Å²) in [6, 6.07) is 15.5. The number of hydrogen-bond acceptors (Lipinski definition) is 2. The molecule has 1 aliphatic heterocycles. The Morgan fingerprint density at radius 2 is 2.14 bits per heavy atom. The van der Waals surface area contributed by atoms with Gasteiger partial charge in [0.15, 0.2) is 0 Å². The highest BCUT2D eigenvalue weighted by Gasteiger charge is 2.17. The molecule has 1 unspecified atom stereocenters. The number of hydrogen-bond donors (Lipinski definition) is 1. The average molecular weight is 346 g/mol. The summed E-state index contributed by atoms with van der Waals surface area (Å²) in [6.07, 6.45) is 2.02. The molecule has 0 radical (unpaired) electrons. The maximum atomic E-state index is 5.60. The zero-order valence-corrected chi connectivity index (χ0v) is 13.8. The molecule has 0 saturated heterocycles. The van der Waals surface area contributed by atoms with Crippen LogP contribution in [-0.4, -0.2) is 13.2 Å². The predicted octanol–water partition coefficient (Wildman–Crippen LogP) is 4.28. The lowest BCUT2D eigenvalue weighted by molar-refractivity contribution is 0.356. The third kappa shape index (κ3) is 3.47. The van der Waals surface area contributed by atoms with E-state index in [1.165, 1.54) is 16.7 Å². The molecule has 3 heteroatoms. The van der Waals surface area contributed by atoms with Crippen LogP contribution in [0.1, 0.15) is 29.7 Å². The lowest BCUT2D eigenvalue weighted by Crippen LogP contribution is -2.23. The Labute approximate surface area is 134 Å². The highest BCUT2D eigenvalue weighted by Crippen LogP contribution is 2.29. The van der Waals surface area contributed by atoms with Gasteiger partial charge in [0.2, 0.25) is 0 Å². The standard InChI is InChI=1S/C18H20BrNO/c1-2-20-17(11-13-4-3-5-16(19)10-13)14-6-7-18-15(12-14)8-9-21-18/h3-7,10,12,17,20H,2,8-9,11H2,1H3. The minimum absolute atomic E-state index is 0.343. The zero-order chi connectivity index (χ0) is 14.7. The smallest absolute Gasteiger partial charge is 0.122 e. The number of ether oxygens (including phenoxy) is 1. The Morgan fingerprint density at radius 1 is 1.24 bits per heavy atom. The molecule has 1 atom stereocenters. The van der Waals surface area contributed by atoms with Gasteiger partial charge >= 0.3 is 0 Å². The van der Waals surface area contributed by atoms with Crippen LogP contribution >= 0.6 is 15.9 Å². The van der Waals surface area contributed by atoms with Crippen molar-refractivity contribution in [3.8, 4) is 5.75 Å². The van der Waals surface area contributed by atoms with Gasteiger partial charge < -0.3 is 10.1 Å². The lowest BCUT2D eigenvalue weighted by Gasteiger charge is -2.19. The summed E-state index contributed by atoms with van der Waals surface area (Å²) in [4.78, 5) is 0. The second-order valence-corrected chi connectivity index (χ2v) is 6.33. The van der Waals surface area contributed by atoms with Crippen LogP contribution in [0, 0.1) is 0 Å². The quantitative estimate of drug-likeness (QED) is 0.873. The molecule has 0 aliphatic carbocycles. The van der Waals surface area contributed by atoms with E-state index in [1.54, 1.807) is 0 Å². The van der Waals surface area contributed by atoms with Gasteiger partial charge in [-0.05, 0) is 47.9 Å². The molecular formula is C18H20BrNO. The summed E-state index contributed by atoms with van der Waals surface area (Å²) in [5, 5.41) is 3.60. The molecule has 0 bridgehead atoms. The molecule has 2 nitrogen and oxygen atoms in total. The van der Waals surface area contributed by atoms with Crippen LogP contribution < -0.4 is 10.1 Å². The van der Waals surface area contributed by atoms with Crippen molar-refractivity contribution in [3.05, 3.63) is 63.6 Å². The lowest BCUT2D eigenvalue weighted by atomic mass is 9.96. The van der Waals surface area contributed by atoms with Crippen molar-refractivity contribution in [2.45, 2.75) is 25.8 Å². The van der Waals surface area contributed by atoms with E-state index < -0.39 is 0 Å². The van der Waals surface area contributed by atoms with Crippen molar-refractivity contribution in [2.75, 3.05) is 13.2 Å². The molecule has 2 aromatic carbocycles. The Morgan fingerprint density at radius 3 is 2.95 bits per heavy atom. The molecule has 0 aromatic heterocycles. The van der Waals surface area contributed by atoms with E-state index >= 15 is 0 Å². The SMILES string of the molecule is CCNC(Cc1cccc(Br)c1)c1ccc2c(c1)CCO2. The molecule has 0 fully saturated rings. The molecule has 21 heavy (non-hydrogen) atoms. The highest BCUT2D eigenvalue weighted by atomic mass is 79.9. The van der Waals surface area contributed by atoms with E-state index in [9.17, 15) is 0 Å². The van der Waals surface area contributed by atoms with Crippen LogP contribution in [0.15, 0.2) is 46.9 Å². The van der Waals surface area contributed by atoms with Crippen molar-refractivity contribution >= 4 is 15.9 Å². The van der Waals surface area contributed by atoms with E-state index in [0.29, 0.717) is 6.04 Å². The molecule has 110 valence electrons. The largest absolute Gasteiger partial charge is 0.493 e. The Balaban J connectivity index is 1.84. The van der Waals surface area contributed by atoms with Gasteiger partial charge in [0.1, 0.15) is 5.75 Å². The molecule has 1 N–H and O–H groups in total. The van der Waals surface area contributed by atoms with Crippen molar-refractivity contribution in [2.24, 2.45) is 0 Å². The van der Waals surface area contributed by atoms with Crippen molar-refractivity contribution in [3.63, 3.8) is 0 Å². The monoisotopic (exact) mass is 345 g/mol. The second kappa shape index (κ2) is 6.63. The fourth-order valence-electron chi connectivity index (χ4n) is 2.88. The molecule has 0 spiro atoms. The van der Waals surface area contributed by atoms with Gasteiger partial charge in [0.25, 0.3) is 0 Å². The summed E-state index contributed by atoms with van der Waals surface area (Å²) in [6.45, 7) is 3.94. The van der Waals surface area contributed by atoms with E-state index in [4.69, 9.17) is 4.74 Å². The van der Waals surface area contributed by atoms with Gasteiger partial charge in [0, 0.05) is 16.9 Å². The number of likely N-dealkylation sites (N-methyl/N-ethyl adjacent to an activating group) is 1. The van der Waals surface area contributed by atoms with E-state index in [1.807, 2.05) is 0 Å². The summed E-state index contributed by atoms with van der Waals surface area (Å²) in [5.41, 5.74) is 4.03. The maximum absolute atomic E-state index is 5.60. The zero-order valence-electron chi connectivity index (χ0n) is 12.2. The Hall–Kier alpha value is -1.32. The first-order valence-electron chi connectivity index (χ1n) is 7.49. The Bertz CT molecular complexity index is 626. The first-order chi connectivity index (χ1) is 10.3.